The molecule has 0 unspecified atom stereocenters. The highest BCUT2D eigenvalue weighted by atomic mass is 16.7. The van der Waals surface area contributed by atoms with Crippen LogP contribution in [-0.2, 0) is 0 Å². The van der Waals surface area contributed by atoms with E-state index in [0.29, 0.717) is 11.3 Å². The van der Waals surface area contributed by atoms with Crippen LogP contribution in [0.15, 0.2) is 67.0 Å². The van der Waals surface area contributed by atoms with Gasteiger partial charge in [0.05, 0.1) is 11.6 Å². The minimum absolute atomic E-state index is 0.245. The highest BCUT2D eigenvalue weighted by Gasteiger charge is 2.13. The van der Waals surface area contributed by atoms with Crippen LogP contribution in [0.1, 0.15) is 11.1 Å². The number of fused-ring (bicyclic) bond motifs is 1. The normalized spacial score (nSPS) is 12.9. The molecular formula is C20H14N2O2. The summed E-state index contributed by atoms with van der Waals surface area (Å²) in [5.74, 6) is 1.45. The summed E-state index contributed by atoms with van der Waals surface area (Å²) in [6.07, 6.45) is 5.83. The number of rotatable bonds is 3. The van der Waals surface area contributed by atoms with Gasteiger partial charge in [-0.1, -0.05) is 18.2 Å². The Kier molecular flexibility index (Phi) is 3.53. The Hall–Kier alpha value is -3.45. The van der Waals surface area contributed by atoms with Gasteiger partial charge >= 0.3 is 0 Å². The fourth-order valence-corrected chi connectivity index (χ4v) is 2.67. The van der Waals surface area contributed by atoms with Crippen molar-refractivity contribution in [1.82, 2.24) is 4.57 Å². The summed E-state index contributed by atoms with van der Waals surface area (Å²) in [5, 5.41) is 9.51. The monoisotopic (exact) mass is 314 g/mol. The van der Waals surface area contributed by atoms with E-state index < -0.39 is 0 Å². The number of nitrogens with zero attached hydrogens (tertiary/aromatic N) is 2. The molecule has 4 rings (SSSR count). The number of ether oxygens (including phenoxy) is 2. The number of benzene rings is 2. The predicted molar refractivity (Wildman–Crippen MR) is 91.8 cm³/mol. The van der Waals surface area contributed by atoms with Crippen LogP contribution in [0, 0.1) is 11.3 Å². The third-order valence-corrected chi connectivity index (χ3v) is 3.91. The van der Waals surface area contributed by atoms with Crippen LogP contribution in [0.4, 0.5) is 0 Å². The predicted octanol–water partition coefficient (Wildman–Crippen LogP) is 4.27. The average molecular weight is 314 g/mol. The Labute approximate surface area is 139 Å². The lowest BCUT2D eigenvalue weighted by Gasteiger charge is -2.05. The molecule has 0 bridgehead atoms. The lowest BCUT2D eigenvalue weighted by molar-refractivity contribution is 0.174. The number of hydrogen-bond acceptors (Lipinski definition) is 3. The second-order valence-corrected chi connectivity index (χ2v) is 5.42. The Morgan fingerprint density at radius 2 is 1.75 bits per heavy atom. The van der Waals surface area contributed by atoms with Gasteiger partial charge in [0, 0.05) is 18.1 Å². The molecule has 0 atom stereocenters. The van der Waals surface area contributed by atoms with E-state index in [4.69, 9.17) is 9.47 Å². The van der Waals surface area contributed by atoms with E-state index in [1.807, 2.05) is 77.6 Å². The Bertz CT molecular complexity index is 933. The van der Waals surface area contributed by atoms with Gasteiger partial charge in [-0.25, -0.2) is 0 Å². The maximum absolute atomic E-state index is 9.51. The van der Waals surface area contributed by atoms with E-state index in [1.165, 1.54) is 0 Å². The zero-order valence-electron chi connectivity index (χ0n) is 12.8. The molecule has 2 aromatic carbocycles. The first-order chi connectivity index (χ1) is 11.8. The van der Waals surface area contributed by atoms with E-state index in [-0.39, 0.29) is 6.79 Å². The minimum atomic E-state index is 0.245. The standard InChI is InChI=1S/C20H14N2O2/c21-13-17(11-15-3-8-19-20(12-15)24-14-23-19)16-4-6-18(7-5-16)22-9-1-2-10-22/h1-12H,14H2/b17-11+. The van der Waals surface area contributed by atoms with Crippen LogP contribution in [0.2, 0.25) is 0 Å². The van der Waals surface area contributed by atoms with Crippen LogP contribution < -0.4 is 9.47 Å². The molecule has 0 saturated heterocycles. The average Bonchev–Trinajstić information content (AvgIpc) is 3.31. The first kappa shape index (κ1) is 14.2. The Morgan fingerprint density at radius 3 is 2.50 bits per heavy atom. The van der Waals surface area contributed by atoms with Crippen molar-refractivity contribution in [3.8, 4) is 23.3 Å². The molecule has 0 aliphatic carbocycles. The SMILES string of the molecule is N#C/C(=C\c1ccc2c(c1)OCO2)c1ccc(-n2cccc2)cc1. The molecule has 0 N–H and O–H groups in total. The second kappa shape index (κ2) is 5.98. The highest BCUT2D eigenvalue weighted by molar-refractivity contribution is 5.90. The second-order valence-electron chi connectivity index (χ2n) is 5.42. The molecule has 0 spiro atoms. The zero-order chi connectivity index (χ0) is 16.4. The van der Waals surface area contributed by atoms with E-state index in [0.717, 1.165) is 22.6 Å². The maximum atomic E-state index is 9.51. The van der Waals surface area contributed by atoms with Crippen molar-refractivity contribution >= 4 is 11.6 Å². The molecule has 0 amide bonds. The summed E-state index contributed by atoms with van der Waals surface area (Å²) in [7, 11) is 0. The van der Waals surface area contributed by atoms with Crippen LogP contribution in [0.3, 0.4) is 0 Å². The summed E-state index contributed by atoms with van der Waals surface area (Å²) in [6.45, 7) is 0.245. The molecule has 0 fully saturated rings. The van der Waals surface area contributed by atoms with Gasteiger partial charge in [-0.15, -0.1) is 0 Å². The molecule has 1 aliphatic heterocycles. The van der Waals surface area contributed by atoms with Gasteiger partial charge in [0.25, 0.3) is 0 Å². The quantitative estimate of drug-likeness (QED) is 0.536. The molecule has 4 heteroatoms. The first-order valence-corrected chi connectivity index (χ1v) is 7.59. The van der Waals surface area contributed by atoms with Crippen LogP contribution in [-0.4, -0.2) is 11.4 Å². The van der Waals surface area contributed by atoms with Crippen molar-refractivity contribution in [2.45, 2.75) is 0 Å². The summed E-state index contributed by atoms with van der Waals surface area (Å²) in [4.78, 5) is 0. The number of nitriles is 1. The maximum Gasteiger partial charge on any atom is 0.231 e. The topological polar surface area (TPSA) is 47.2 Å². The zero-order valence-corrected chi connectivity index (χ0v) is 12.8. The summed E-state index contributed by atoms with van der Waals surface area (Å²) in [5.41, 5.74) is 3.45. The Balaban J connectivity index is 1.65. The van der Waals surface area contributed by atoms with Gasteiger partial charge in [0.1, 0.15) is 0 Å². The van der Waals surface area contributed by atoms with Crippen LogP contribution in [0.25, 0.3) is 17.3 Å². The number of hydrogen-bond donors (Lipinski definition) is 0. The molecule has 0 radical (unpaired) electrons. The van der Waals surface area contributed by atoms with Gasteiger partial charge in [-0.3, -0.25) is 0 Å². The minimum Gasteiger partial charge on any atom is -0.454 e. The fourth-order valence-electron chi connectivity index (χ4n) is 2.67. The van der Waals surface area contributed by atoms with Crippen molar-refractivity contribution < 1.29 is 9.47 Å². The number of allylic oxidation sites excluding steroid dienone is 1. The van der Waals surface area contributed by atoms with Crippen molar-refractivity contribution in [3.63, 3.8) is 0 Å². The fraction of sp³-hybridized carbons (Fsp3) is 0.0500. The highest BCUT2D eigenvalue weighted by Crippen LogP contribution is 2.33. The largest absolute Gasteiger partial charge is 0.454 e. The van der Waals surface area contributed by atoms with Crippen LogP contribution in [0.5, 0.6) is 11.5 Å². The molecule has 0 saturated carbocycles. The number of aromatic nitrogens is 1. The van der Waals surface area contributed by atoms with E-state index in [1.54, 1.807) is 0 Å². The summed E-state index contributed by atoms with van der Waals surface area (Å²) >= 11 is 0. The van der Waals surface area contributed by atoms with E-state index >= 15 is 0 Å². The summed E-state index contributed by atoms with van der Waals surface area (Å²) < 4.78 is 12.7. The lowest BCUT2D eigenvalue weighted by atomic mass is 10.0. The van der Waals surface area contributed by atoms with Crippen LogP contribution >= 0.6 is 0 Å². The molecule has 1 aliphatic rings. The molecule has 116 valence electrons. The third kappa shape index (κ3) is 2.64. The van der Waals surface area contributed by atoms with Crippen molar-refractivity contribution in [3.05, 3.63) is 78.1 Å². The van der Waals surface area contributed by atoms with Crippen molar-refractivity contribution in [2.24, 2.45) is 0 Å². The molecule has 4 nitrogen and oxygen atoms in total. The van der Waals surface area contributed by atoms with Crippen molar-refractivity contribution in [2.75, 3.05) is 6.79 Å². The summed E-state index contributed by atoms with van der Waals surface area (Å²) in [6, 6.07) is 19.8. The van der Waals surface area contributed by atoms with Gasteiger partial charge in [-0.2, -0.15) is 5.26 Å². The van der Waals surface area contributed by atoms with E-state index in [9.17, 15) is 5.26 Å². The van der Waals surface area contributed by atoms with Crippen molar-refractivity contribution in [1.29, 1.82) is 5.26 Å². The van der Waals surface area contributed by atoms with Gasteiger partial charge in [0.15, 0.2) is 11.5 Å². The lowest BCUT2D eigenvalue weighted by Crippen LogP contribution is -1.92. The van der Waals surface area contributed by atoms with Gasteiger partial charge in [-0.05, 0) is 53.6 Å². The van der Waals surface area contributed by atoms with Gasteiger partial charge < -0.3 is 14.0 Å². The smallest absolute Gasteiger partial charge is 0.231 e. The molecule has 1 aromatic heterocycles. The first-order valence-electron chi connectivity index (χ1n) is 7.59. The molecule has 24 heavy (non-hydrogen) atoms. The molecule has 2 heterocycles. The van der Waals surface area contributed by atoms with E-state index in [2.05, 4.69) is 6.07 Å². The molecular weight excluding hydrogens is 300 g/mol. The third-order valence-electron chi connectivity index (χ3n) is 3.91. The van der Waals surface area contributed by atoms with Gasteiger partial charge in [0.2, 0.25) is 6.79 Å². The Morgan fingerprint density at radius 1 is 1.00 bits per heavy atom. The molecule has 3 aromatic rings.